The molecule has 0 aliphatic carbocycles. The summed E-state index contributed by atoms with van der Waals surface area (Å²) < 4.78 is 0. The highest BCUT2D eigenvalue weighted by Gasteiger charge is 2.05. The summed E-state index contributed by atoms with van der Waals surface area (Å²) in [6, 6.07) is 16.3. The molecule has 2 rings (SSSR count). The summed E-state index contributed by atoms with van der Waals surface area (Å²) in [4.78, 5) is 0. The Morgan fingerprint density at radius 1 is 0.947 bits per heavy atom. The van der Waals surface area contributed by atoms with Crippen molar-refractivity contribution < 1.29 is 5.11 Å². The molecule has 0 amide bonds. The van der Waals surface area contributed by atoms with Crippen LogP contribution >= 0.6 is 0 Å². The summed E-state index contributed by atoms with van der Waals surface area (Å²) >= 11 is 0. The molecule has 1 heteroatoms. The molecule has 2 aromatic rings. The Morgan fingerprint density at radius 2 is 1.47 bits per heavy atom. The minimum atomic E-state index is -0.442. The summed E-state index contributed by atoms with van der Waals surface area (Å²) in [6.45, 7) is 5.61. The zero-order valence-corrected chi connectivity index (χ0v) is 11.1. The Bertz CT molecular complexity index is 594. The van der Waals surface area contributed by atoms with Gasteiger partial charge in [-0.05, 0) is 29.2 Å². The van der Waals surface area contributed by atoms with Crippen molar-refractivity contribution in [1.82, 2.24) is 0 Å². The summed E-state index contributed by atoms with van der Waals surface area (Å²) in [5.41, 5.74) is 4.51. The van der Waals surface area contributed by atoms with Crippen molar-refractivity contribution in [3.05, 3.63) is 72.3 Å². The zero-order chi connectivity index (χ0) is 13.7. The Hall–Kier alpha value is -2.12. The number of aliphatic hydroxyl groups is 1. The van der Waals surface area contributed by atoms with Gasteiger partial charge in [-0.15, -0.1) is 0 Å². The molecule has 0 bridgehead atoms. The Morgan fingerprint density at radius 3 is 2.05 bits per heavy atom. The van der Waals surface area contributed by atoms with E-state index >= 15 is 0 Å². The lowest BCUT2D eigenvalue weighted by molar-refractivity contribution is 0.245. The molecule has 0 spiro atoms. The second-order valence-electron chi connectivity index (χ2n) is 4.48. The number of hydrogen-bond donors (Lipinski definition) is 1. The lowest BCUT2D eigenvalue weighted by atomic mass is 9.95. The van der Waals surface area contributed by atoms with Crippen LogP contribution in [0.1, 0.15) is 18.1 Å². The molecule has 19 heavy (non-hydrogen) atoms. The van der Waals surface area contributed by atoms with Gasteiger partial charge in [0.2, 0.25) is 0 Å². The zero-order valence-electron chi connectivity index (χ0n) is 11.1. The summed E-state index contributed by atoms with van der Waals surface area (Å²) in [6.07, 6.45) is 5.17. The van der Waals surface area contributed by atoms with E-state index in [1.54, 1.807) is 13.0 Å². The maximum absolute atomic E-state index is 9.37. The highest BCUT2D eigenvalue weighted by molar-refractivity contribution is 5.81. The fraction of sp³-hybridized carbons (Fsp3) is 0.111. The Balaban J connectivity index is 2.53. The van der Waals surface area contributed by atoms with Gasteiger partial charge in [0.1, 0.15) is 0 Å². The molecular formula is C18H18O. The average Bonchev–Trinajstić information content (AvgIpc) is 2.45. The van der Waals surface area contributed by atoms with E-state index in [0.717, 1.165) is 22.3 Å². The SMILES string of the molecule is C=Cc1ccccc1-c1ccccc1/C=C/C(C)O. The standard InChI is InChI=1S/C18H18O/c1-3-15-8-4-6-10-17(15)18-11-7-5-9-16(18)13-12-14(2)19/h3-14,19H,1H2,2H3/b13-12+. The van der Waals surface area contributed by atoms with Gasteiger partial charge in [-0.3, -0.25) is 0 Å². The first-order chi connectivity index (χ1) is 9.22. The largest absolute Gasteiger partial charge is 0.389 e. The lowest BCUT2D eigenvalue weighted by Gasteiger charge is -2.10. The van der Waals surface area contributed by atoms with Crippen molar-refractivity contribution in [3.8, 4) is 11.1 Å². The normalized spacial score (nSPS) is 12.5. The summed E-state index contributed by atoms with van der Waals surface area (Å²) in [5, 5.41) is 9.37. The maximum Gasteiger partial charge on any atom is 0.0696 e. The van der Waals surface area contributed by atoms with Gasteiger partial charge >= 0.3 is 0 Å². The van der Waals surface area contributed by atoms with Crippen molar-refractivity contribution >= 4 is 12.2 Å². The highest BCUT2D eigenvalue weighted by atomic mass is 16.3. The molecule has 0 aliphatic heterocycles. The highest BCUT2D eigenvalue weighted by Crippen LogP contribution is 2.28. The predicted octanol–water partition coefficient (Wildman–Crippen LogP) is 4.39. The quantitative estimate of drug-likeness (QED) is 0.853. The van der Waals surface area contributed by atoms with Crippen molar-refractivity contribution in [2.45, 2.75) is 13.0 Å². The van der Waals surface area contributed by atoms with E-state index in [9.17, 15) is 5.11 Å². The number of benzene rings is 2. The van der Waals surface area contributed by atoms with Crippen molar-refractivity contribution in [3.63, 3.8) is 0 Å². The van der Waals surface area contributed by atoms with Crippen LogP contribution in [0.4, 0.5) is 0 Å². The first kappa shape index (κ1) is 13.3. The molecule has 1 N–H and O–H groups in total. The van der Waals surface area contributed by atoms with Crippen LogP contribution in [0.25, 0.3) is 23.3 Å². The number of aliphatic hydroxyl groups excluding tert-OH is 1. The van der Waals surface area contributed by atoms with Crippen LogP contribution in [-0.2, 0) is 0 Å². The molecule has 0 heterocycles. The predicted molar refractivity (Wildman–Crippen MR) is 82.7 cm³/mol. The van der Waals surface area contributed by atoms with Gasteiger partial charge in [-0.25, -0.2) is 0 Å². The minimum Gasteiger partial charge on any atom is -0.389 e. The molecule has 2 aromatic carbocycles. The van der Waals surface area contributed by atoms with E-state index in [4.69, 9.17) is 0 Å². The molecular weight excluding hydrogens is 232 g/mol. The smallest absolute Gasteiger partial charge is 0.0696 e. The third-order valence-corrected chi connectivity index (χ3v) is 2.99. The molecule has 1 nitrogen and oxygen atoms in total. The van der Waals surface area contributed by atoms with Crippen LogP contribution in [0.15, 0.2) is 61.2 Å². The van der Waals surface area contributed by atoms with Gasteiger partial charge in [0.15, 0.2) is 0 Å². The molecule has 0 aromatic heterocycles. The fourth-order valence-electron chi connectivity index (χ4n) is 2.05. The van der Waals surface area contributed by atoms with E-state index in [2.05, 4.69) is 24.8 Å². The molecule has 1 atom stereocenters. The first-order valence-electron chi connectivity index (χ1n) is 6.39. The van der Waals surface area contributed by atoms with Crippen LogP contribution in [0.3, 0.4) is 0 Å². The van der Waals surface area contributed by atoms with Crippen LogP contribution in [0.5, 0.6) is 0 Å². The number of rotatable bonds is 4. The molecule has 96 valence electrons. The van der Waals surface area contributed by atoms with Gasteiger partial charge in [-0.1, -0.05) is 73.3 Å². The van der Waals surface area contributed by atoms with Crippen LogP contribution in [-0.4, -0.2) is 11.2 Å². The van der Waals surface area contributed by atoms with Gasteiger partial charge in [0, 0.05) is 0 Å². The first-order valence-corrected chi connectivity index (χ1v) is 6.39. The molecule has 0 saturated carbocycles. The van der Waals surface area contributed by atoms with E-state index < -0.39 is 6.10 Å². The molecule has 0 aliphatic rings. The van der Waals surface area contributed by atoms with Crippen molar-refractivity contribution in [2.24, 2.45) is 0 Å². The van der Waals surface area contributed by atoms with Gasteiger partial charge in [0.25, 0.3) is 0 Å². The Kier molecular flexibility index (Phi) is 4.32. The third kappa shape index (κ3) is 3.21. The van der Waals surface area contributed by atoms with E-state index in [1.165, 1.54) is 0 Å². The van der Waals surface area contributed by atoms with E-state index in [-0.39, 0.29) is 0 Å². The van der Waals surface area contributed by atoms with Gasteiger partial charge < -0.3 is 5.11 Å². The minimum absolute atomic E-state index is 0.442. The van der Waals surface area contributed by atoms with Gasteiger partial charge in [0.05, 0.1) is 6.10 Å². The number of hydrogen-bond acceptors (Lipinski definition) is 1. The molecule has 0 fully saturated rings. The molecule has 1 unspecified atom stereocenters. The second-order valence-corrected chi connectivity index (χ2v) is 4.48. The van der Waals surface area contributed by atoms with Crippen LogP contribution in [0, 0.1) is 0 Å². The fourth-order valence-corrected chi connectivity index (χ4v) is 2.05. The van der Waals surface area contributed by atoms with Crippen molar-refractivity contribution in [2.75, 3.05) is 0 Å². The molecule has 0 saturated heterocycles. The van der Waals surface area contributed by atoms with Crippen molar-refractivity contribution in [1.29, 1.82) is 0 Å². The average molecular weight is 250 g/mol. The third-order valence-electron chi connectivity index (χ3n) is 2.99. The lowest BCUT2D eigenvalue weighted by Crippen LogP contribution is -1.92. The van der Waals surface area contributed by atoms with E-state index in [1.807, 2.05) is 42.5 Å². The monoisotopic (exact) mass is 250 g/mol. The summed E-state index contributed by atoms with van der Waals surface area (Å²) in [5.74, 6) is 0. The van der Waals surface area contributed by atoms with E-state index in [0.29, 0.717) is 0 Å². The topological polar surface area (TPSA) is 20.2 Å². The second kappa shape index (κ2) is 6.17. The van der Waals surface area contributed by atoms with Crippen LogP contribution < -0.4 is 0 Å². The molecule has 0 radical (unpaired) electrons. The summed E-state index contributed by atoms with van der Waals surface area (Å²) in [7, 11) is 0. The van der Waals surface area contributed by atoms with Gasteiger partial charge in [-0.2, -0.15) is 0 Å². The Labute approximate surface area is 114 Å². The van der Waals surface area contributed by atoms with Crippen LogP contribution in [0.2, 0.25) is 0 Å². The maximum atomic E-state index is 9.37.